The lowest BCUT2D eigenvalue weighted by Gasteiger charge is -2.33. The molecule has 1 aromatic rings. The number of benzene rings is 1. The molecule has 0 N–H and O–H groups in total. The van der Waals surface area contributed by atoms with Crippen LogP contribution in [0.15, 0.2) is 24.3 Å². The number of likely N-dealkylation sites (tertiary alicyclic amines) is 1. The molecular formula is C16H20N2. The summed E-state index contributed by atoms with van der Waals surface area (Å²) >= 11 is 0. The lowest BCUT2D eigenvalue weighted by atomic mass is 9.71. The van der Waals surface area contributed by atoms with Crippen LogP contribution in [0.2, 0.25) is 0 Å². The molecule has 1 heterocycles. The van der Waals surface area contributed by atoms with E-state index in [1.54, 1.807) is 0 Å². The fraction of sp³-hybridized carbons (Fsp3) is 0.562. The van der Waals surface area contributed by atoms with E-state index in [2.05, 4.69) is 30.1 Å². The molecule has 0 radical (unpaired) electrons. The van der Waals surface area contributed by atoms with Gasteiger partial charge in [0.15, 0.2) is 0 Å². The predicted molar refractivity (Wildman–Crippen MR) is 72.2 cm³/mol. The normalized spacial score (nSPS) is 31.9. The summed E-state index contributed by atoms with van der Waals surface area (Å²) in [6, 6.07) is 10.5. The van der Waals surface area contributed by atoms with Gasteiger partial charge in [-0.25, -0.2) is 0 Å². The molecule has 1 aliphatic carbocycles. The highest BCUT2D eigenvalue weighted by Crippen LogP contribution is 2.44. The van der Waals surface area contributed by atoms with Crippen LogP contribution in [-0.4, -0.2) is 25.0 Å². The van der Waals surface area contributed by atoms with Crippen molar-refractivity contribution in [1.82, 2.24) is 4.90 Å². The zero-order valence-electron chi connectivity index (χ0n) is 11.0. The molecule has 0 amide bonds. The van der Waals surface area contributed by atoms with Crippen LogP contribution in [0.3, 0.4) is 0 Å². The highest BCUT2D eigenvalue weighted by molar-refractivity contribution is 5.33. The Bertz CT molecular complexity index is 457. The zero-order chi connectivity index (χ0) is 12.5. The summed E-state index contributed by atoms with van der Waals surface area (Å²) in [4.78, 5) is 2.48. The molecule has 2 nitrogen and oxygen atoms in total. The Kier molecular flexibility index (Phi) is 3.09. The van der Waals surface area contributed by atoms with Gasteiger partial charge in [0.2, 0.25) is 0 Å². The van der Waals surface area contributed by atoms with Crippen LogP contribution in [0.5, 0.6) is 0 Å². The van der Waals surface area contributed by atoms with Crippen LogP contribution < -0.4 is 0 Å². The molecule has 0 aromatic heterocycles. The number of hydrogen-bond acceptors (Lipinski definition) is 2. The van der Waals surface area contributed by atoms with Gasteiger partial charge in [0.1, 0.15) is 0 Å². The third kappa shape index (κ3) is 2.04. The number of fused-ring (bicyclic) bond motifs is 1. The van der Waals surface area contributed by atoms with Crippen molar-refractivity contribution in [3.63, 3.8) is 0 Å². The Labute approximate surface area is 109 Å². The lowest BCUT2D eigenvalue weighted by Crippen LogP contribution is -2.25. The van der Waals surface area contributed by atoms with Gasteiger partial charge in [-0.2, -0.15) is 5.26 Å². The molecule has 3 rings (SSSR count). The van der Waals surface area contributed by atoms with Gasteiger partial charge in [-0.05, 0) is 55.3 Å². The second-order valence-corrected chi connectivity index (χ2v) is 5.92. The fourth-order valence-electron chi connectivity index (χ4n) is 3.91. The minimum absolute atomic E-state index is 0.710. The number of hydrogen-bond donors (Lipinski definition) is 0. The van der Waals surface area contributed by atoms with E-state index in [0.717, 1.165) is 17.4 Å². The molecule has 0 spiro atoms. The minimum atomic E-state index is 0.710. The van der Waals surface area contributed by atoms with Crippen LogP contribution >= 0.6 is 0 Å². The first-order valence-electron chi connectivity index (χ1n) is 6.96. The Balaban J connectivity index is 1.84. The molecule has 1 saturated heterocycles. The van der Waals surface area contributed by atoms with Crippen molar-refractivity contribution >= 4 is 0 Å². The molecule has 1 aliphatic heterocycles. The minimum Gasteiger partial charge on any atom is -0.306 e. The Morgan fingerprint density at radius 1 is 1.17 bits per heavy atom. The van der Waals surface area contributed by atoms with E-state index in [4.69, 9.17) is 5.26 Å². The van der Waals surface area contributed by atoms with Crippen LogP contribution in [-0.2, 0) is 0 Å². The van der Waals surface area contributed by atoms with E-state index in [1.165, 1.54) is 37.9 Å². The predicted octanol–water partition coefficient (Wildman–Crippen LogP) is 3.00. The SMILES string of the molecule is CN1C[C@@H]2CCC[C@H](c3ccc(C#N)cc3)[C@@H]2C1. The van der Waals surface area contributed by atoms with E-state index in [0.29, 0.717) is 5.92 Å². The van der Waals surface area contributed by atoms with Crippen molar-refractivity contribution in [3.05, 3.63) is 35.4 Å². The Morgan fingerprint density at radius 3 is 2.67 bits per heavy atom. The molecule has 1 saturated carbocycles. The monoisotopic (exact) mass is 240 g/mol. The molecule has 2 fully saturated rings. The standard InChI is InChI=1S/C16H20N2/c1-18-10-14-3-2-4-15(16(14)11-18)13-7-5-12(9-17)6-8-13/h5-8,14-16H,2-4,10-11H2,1H3/t14-,15+,16+/m0/s1. The molecule has 94 valence electrons. The molecule has 18 heavy (non-hydrogen) atoms. The second-order valence-electron chi connectivity index (χ2n) is 5.92. The first-order valence-corrected chi connectivity index (χ1v) is 6.96. The fourth-order valence-corrected chi connectivity index (χ4v) is 3.91. The van der Waals surface area contributed by atoms with Gasteiger partial charge in [0.25, 0.3) is 0 Å². The van der Waals surface area contributed by atoms with Gasteiger partial charge in [0, 0.05) is 13.1 Å². The molecule has 2 heteroatoms. The van der Waals surface area contributed by atoms with Gasteiger partial charge < -0.3 is 4.90 Å². The van der Waals surface area contributed by atoms with E-state index in [9.17, 15) is 0 Å². The summed E-state index contributed by atoms with van der Waals surface area (Å²) in [6.07, 6.45) is 4.09. The Hall–Kier alpha value is -1.33. The smallest absolute Gasteiger partial charge is 0.0991 e. The lowest BCUT2D eigenvalue weighted by molar-refractivity contribution is 0.258. The van der Waals surface area contributed by atoms with E-state index >= 15 is 0 Å². The van der Waals surface area contributed by atoms with Crippen LogP contribution in [0.25, 0.3) is 0 Å². The number of nitriles is 1. The van der Waals surface area contributed by atoms with Gasteiger partial charge >= 0.3 is 0 Å². The summed E-state index contributed by atoms with van der Waals surface area (Å²) in [5.41, 5.74) is 2.22. The summed E-state index contributed by atoms with van der Waals surface area (Å²) in [5.74, 6) is 2.43. The largest absolute Gasteiger partial charge is 0.306 e. The number of nitrogens with zero attached hydrogens (tertiary/aromatic N) is 2. The van der Waals surface area contributed by atoms with Crippen LogP contribution in [0.4, 0.5) is 0 Å². The molecule has 1 aromatic carbocycles. The first kappa shape index (κ1) is 11.7. The maximum absolute atomic E-state index is 8.87. The third-order valence-electron chi connectivity index (χ3n) is 4.75. The van der Waals surface area contributed by atoms with Gasteiger partial charge in [-0.15, -0.1) is 0 Å². The third-order valence-corrected chi connectivity index (χ3v) is 4.75. The number of rotatable bonds is 1. The van der Waals surface area contributed by atoms with Crippen LogP contribution in [0.1, 0.15) is 36.3 Å². The average Bonchev–Trinajstić information content (AvgIpc) is 2.79. The maximum atomic E-state index is 8.87. The van der Waals surface area contributed by atoms with Gasteiger partial charge in [-0.3, -0.25) is 0 Å². The summed E-state index contributed by atoms with van der Waals surface area (Å²) in [5, 5.41) is 8.87. The zero-order valence-corrected chi connectivity index (χ0v) is 11.0. The summed E-state index contributed by atoms with van der Waals surface area (Å²) in [6.45, 7) is 2.52. The Morgan fingerprint density at radius 2 is 1.94 bits per heavy atom. The van der Waals surface area contributed by atoms with Crippen molar-refractivity contribution in [3.8, 4) is 6.07 Å². The van der Waals surface area contributed by atoms with Crippen molar-refractivity contribution in [1.29, 1.82) is 5.26 Å². The maximum Gasteiger partial charge on any atom is 0.0991 e. The average molecular weight is 240 g/mol. The van der Waals surface area contributed by atoms with E-state index in [-0.39, 0.29) is 0 Å². The van der Waals surface area contributed by atoms with Gasteiger partial charge in [0.05, 0.1) is 11.6 Å². The van der Waals surface area contributed by atoms with Crippen molar-refractivity contribution in [2.45, 2.75) is 25.2 Å². The summed E-state index contributed by atoms with van der Waals surface area (Å²) in [7, 11) is 2.24. The van der Waals surface area contributed by atoms with E-state index in [1.807, 2.05) is 12.1 Å². The quantitative estimate of drug-likeness (QED) is 0.754. The molecular weight excluding hydrogens is 220 g/mol. The molecule has 0 unspecified atom stereocenters. The molecule has 0 bridgehead atoms. The van der Waals surface area contributed by atoms with Crippen LogP contribution in [0, 0.1) is 23.2 Å². The van der Waals surface area contributed by atoms with Crippen molar-refractivity contribution < 1.29 is 0 Å². The highest BCUT2D eigenvalue weighted by atomic mass is 15.1. The topological polar surface area (TPSA) is 27.0 Å². The van der Waals surface area contributed by atoms with Crippen molar-refractivity contribution in [2.24, 2.45) is 11.8 Å². The molecule has 2 aliphatic rings. The molecule has 3 atom stereocenters. The first-order chi connectivity index (χ1) is 8.78. The second kappa shape index (κ2) is 4.74. The highest BCUT2D eigenvalue weighted by Gasteiger charge is 2.39. The summed E-state index contributed by atoms with van der Waals surface area (Å²) < 4.78 is 0. The van der Waals surface area contributed by atoms with Gasteiger partial charge in [-0.1, -0.05) is 18.6 Å². The van der Waals surface area contributed by atoms with E-state index < -0.39 is 0 Å². The van der Waals surface area contributed by atoms with Crippen molar-refractivity contribution in [2.75, 3.05) is 20.1 Å².